The highest BCUT2D eigenvalue weighted by Gasteiger charge is 2.07. The molecule has 17 heavy (non-hydrogen) atoms. The van der Waals surface area contributed by atoms with Crippen molar-refractivity contribution in [2.75, 3.05) is 6.61 Å². The van der Waals surface area contributed by atoms with Gasteiger partial charge in [0.2, 0.25) is 0 Å². The molecule has 0 aliphatic rings. The molecule has 0 aromatic carbocycles. The van der Waals surface area contributed by atoms with Crippen LogP contribution in [0.3, 0.4) is 0 Å². The Kier molecular flexibility index (Phi) is 12.0. The van der Waals surface area contributed by atoms with Gasteiger partial charge in [-0.1, -0.05) is 58.1 Å². The van der Waals surface area contributed by atoms with Gasteiger partial charge < -0.3 is 5.11 Å². The van der Waals surface area contributed by atoms with E-state index in [4.69, 9.17) is 5.11 Å². The first-order valence-corrected chi connectivity index (χ1v) is 7.56. The molecule has 0 spiro atoms. The van der Waals surface area contributed by atoms with Crippen LogP contribution in [0, 0.1) is 5.92 Å². The van der Waals surface area contributed by atoms with E-state index in [1.165, 1.54) is 51.4 Å². The molecule has 0 fully saturated rings. The van der Waals surface area contributed by atoms with Crippen LogP contribution in [0.1, 0.15) is 78.6 Å². The standard InChI is InChI=1S/C16H32O/c1-4-6-8-10-12-16(11-9-7-5-2)15(3)13-14-17/h12,15,17H,4-11,13-14H2,1-3H3/b16-12+. The van der Waals surface area contributed by atoms with Crippen LogP contribution < -0.4 is 0 Å². The Bertz CT molecular complexity index is 184. The van der Waals surface area contributed by atoms with Crippen LogP contribution >= 0.6 is 0 Å². The SMILES string of the molecule is CCCCC/C=C(\CCCCC)C(C)CCO. The van der Waals surface area contributed by atoms with Gasteiger partial charge in [-0.05, 0) is 38.0 Å². The molecular formula is C16H32O. The average Bonchev–Trinajstić information content (AvgIpc) is 2.32. The maximum absolute atomic E-state index is 9.04. The third-order valence-corrected chi connectivity index (χ3v) is 3.48. The second-order valence-electron chi connectivity index (χ2n) is 5.15. The molecule has 1 unspecified atom stereocenters. The van der Waals surface area contributed by atoms with E-state index in [0.29, 0.717) is 12.5 Å². The van der Waals surface area contributed by atoms with E-state index in [2.05, 4.69) is 26.8 Å². The van der Waals surface area contributed by atoms with Crippen molar-refractivity contribution in [2.45, 2.75) is 78.6 Å². The summed E-state index contributed by atoms with van der Waals surface area (Å²) in [6.45, 7) is 7.08. The quantitative estimate of drug-likeness (QED) is 0.394. The van der Waals surface area contributed by atoms with Crippen molar-refractivity contribution in [2.24, 2.45) is 5.92 Å². The lowest BCUT2D eigenvalue weighted by Gasteiger charge is -2.15. The average molecular weight is 240 g/mol. The molecule has 0 amide bonds. The second-order valence-corrected chi connectivity index (χ2v) is 5.15. The molecule has 0 radical (unpaired) electrons. The fourth-order valence-corrected chi connectivity index (χ4v) is 2.19. The first-order valence-electron chi connectivity index (χ1n) is 7.56. The van der Waals surface area contributed by atoms with Gasteiger partial charge in [0.1, 0.15) is 0 Å². The van der Waals surface area contributed by atoms with Gasteiger partial charge in [-0.15, -0.1) is 0 Å². The molecule has 0 aromatic heterocycles. The van der Waals surface area contributed by atoms with Crippen molar-refractivity contribution in [3.63, 3.8) is 0 Å². The highest BCUT2D eigenvalue weighted by atomic mass is 16.3. The fraction of sp³-hybridized carbons (Fsp3) is 0.875. The van der Waals surface area contributed by atoms with Crippen LogP contribution in [-0.2, 0) is 0 Å². The maximum Gasteiger partial charge on any atom is 0.0436 e. The third kappa shape index (κ3) is 9.41. The molecule has 0 bridgehead atoms. The molecule has 1 nitrogen and oxygen atoms in total. The lowest BCUT2D eigenvalue weighted by molar-refractivity contribution is 0.270. The summed E-state index contributed by atoms with van der Waals surface area (Å²) in [6.07, 6.45) is 13.7. The minimum atomic E-state index is 0.321. The number of rotatable bonds is 11. The molecule has 102 valence electrons. The Morgan fingerprint density at radius 1 is 1.06 bits per heavy atom. The topological polar surface area (TPSA) is 20.2 Å². The van der Waals surface area contributed by atoms with Gasteiger partial charge in [0, 0.05) is 6.61 Å². The van der Waals surface area contributed by atoms with E-state index in [1.807, 2.05) is 0 Å². The largest absolute Gasteiger partial charge is 0.396 e. The van der Waals surface area contributed by atoms with Crippen molar-refractivity contribution in [1.29, 1.82) is 0 Å². The van der Waals surface area contributed by atoms with Crippen molar-refractivity contribution < 1.29 is 5.11 Å². The molecule has 1 heteroatoms. The molecule has 0 aliphatic heterocycles. The van der Waals surface area contributed by atoms with Crippen molar-refractivity contribution in [3.05, 3.63) is 11.6 Å². The molecule has 0 rings (SSSR count). The summed E-state index contributed by atoms with van der Waals surface area (Å²) < 4.78 is 0. The highest BCUT2D eigenvalue weighted by Crippen LogP contribution is 2.22. The maximum atomic E-state index is 9.04. The van der Waals surface area contributed by atoms with Gasteiger partial charge in [-0.2, -0.15) is 0 Å². The number of allylic oxidation sites excluding steroid dienone is 2. The Labute approximate surface area is 108 Å². The van der Waals surface area contributed by atoms with Crippen LogP contribution in [0.25, 0.3) is 0 Å². The lowest BCUT2D eigenvalue weighted by Crippen LogP contribution is -2.03. The van der Waals surface area contributed by atoms with E-state index in [0.717, 1.165) is 6.42 Å². The van der Waals surface area contributed by atoms with Crippen LogP contribution in [-0.4, -0.2) is 11.7 Å². The van der Waals surface area contributed by atoms with E-state index in [-0.39, 0.29) is 0 Å². The predicted molar refractivity (Wildman–Crippen MR) is 77.2 cm³/mol. The second kappa shape index (κ2) is 12.2. The first kappa shape index (κ1) is 16.7. The van der Waals surface area contributed by atoms with E-state index in [1.54, 1.807) is 5.57 Å². The van der Waals surface area contributed by atoms with Crippen LogP contribution in [0.5, 0.6) is 0 Å². The summed E-state index contributed by atoms with van der Waals surface area (Å²) in [7, 11) is 0. The molecule has 0 heterocycles. The van der Waals surface area contributed by atoms with Crippen molar-refractivity contribution >= 4 is 0 Å². The summed E-state index contributed by atoms with van der Waals surface area (Å²) in [5, 5.41) is 9.04. The van der Waals surface area contributed by atoms with Gasteiger partial charge in [-0.3, -0.25) is 0 Å². The summed E-state index contributed by atoms with van der Waals surface area (Å²) in [5.74, 6) is 0.568. The highest BCUT2D eigenvalue weighted by molar-refractivity contribution is 5.05. The number of aliphatic hydroxyl groups excluding tert-OH is 1. The van der Waals surface area contributed by atoms with Gasteiger partial charge >= 0.3 is 0 Å². The molecule has 0 saturated heterocycles. The molecule has 0 aromatic rings. The molecule has 0 saturated carbocycles. The summed E-state index contributed by atoms with van der Waals surface area (Å²) >= 11 is 0. The number of hydrogen-bond donors (Lipinski definition) is 1. The molecular weight excluding hydrogens is 208 g/mol. The zero-order chi connectivity index (χ0) is 12.9. The number of aliphatic hydroxyl groups is 1. The van der Waals surface area contributed by atoms with Crippen LogP contribution in [0.15, 0.2) is 11.6 Å². The minimum Gasteiger partial charge on any atom is -0.396 e. The third-order valence-electron chi connectivity index (χ3n) is 3.48. The van der Waals surface area contributed by atoms with Crippen molar-refractivity contribution in [1.82, 2.24) is 0 Å². The van der Waals surface area contributed by atoms with Crippen LogP contribution in [0.2, 0.25) is 0 Å². The Morgan fingerprint density at radius 2 is 1.71 bits per heavy atom. The van der Waals surface area contributed by atoms with Gasteiger partial charge in [0.05, 0.1) is 0 Å². The van der Waals surface area contributed by atoms with E-state index >= 15 is 0 Å². The smallest absolute Gasteiger partial charge is 0.0436 e. The fourth-order valence-electron chi connectivity index (χ4n) is 2.19. The van der Waals surface area contributed by atoms with Crippen LogP contribution in [0.4, 0.5) is 0 Å². The van der Waals surface area contributed by atoms with E-state index < -0.39 is 0 Å². The van der Waals surface area contributed by atoms with Crippen molar-refractivity contribution in [3.8, 4) is 0 Å². The normalized spacial score (nSPS) is 14.0. The van der Waals surface area contributed by atoms with E-state index in [9.17, 15) is 0 Å². The summed E-state index contributed by atoms with van der Waals surface area (Å²) in [6, 6.07) is 0. The predicted octanol–water partition coefficient (Wildman–Crippen LogP) is 5.09. The monoisotopic (exact) mass is 240 g/mol. The minimum absolute atomic E-state index is 0.321. The Balaban J connectivity index is 4.07. The van der Waals surface area contributed by atoms with Gasteiger partial charge in [0.15, 0.2) is 0 Å². The summed E-state index contributed by atoms with van der Waals surface area (Å²) in [4.78, 5) is 0. The zero-order valence-corrected chi connectivity index (χ0v) is 12.2. The Morgan fingerprint density at radius 3 is 2.29 bits per heavy atom. The number of hydrogen-bond acceptors (Lipinski definition) is 1. The lowest BCUT2D eigenvalue weighted by atomic mass is 9.92. The summed E-state index contributed by atoms with van der Waals surface area (Å²) in [5.41, 5.74) is 1.59. The first-order chi connectivity index (χ1) is 8.26. The van der Waals surface area contributed by atoms with Gasteiger partial charge in [0.25, 0.3) is 0 Å². The zero-order valence-electron chi connectivity index (χ0n) is 12.2. The Hall–Kier alpha value is -0.300. The molecule has 1 N–H and O–H groups in total. The number of unbranched alkanes of at least 4 members (excludes halogenated alkanes) is 5. The van der Waals surface area contributed by atoms with Gasteiger partial charge in [-0.25, -0.2) is 0 Å². The molecule has 0 aliphatic carbocycles. The molecule has 1 atom stereocenters.